The molecule has 0 radical (unpaired) electrons. The summed E-state index contributed by atoms with van der Waals surface area (Å²) in [5.41, 5.74) is 0.554. The van der Waals surface area contributed by atoms with Gasteiger partial charge in [-0.2, -0.15) is 0 Å². The van der Waals surface area contributed by atoms with Crippen LogP contribution in [0.5, 0.6) is 0 Å². The highest BCUT2D eigenvalue weighted by Crippen LogP contribution is 2.26. The predicted octanol–water partition coefficient (Wildman–Crippen LogP) is 3.29. The van der Waals surface area contributed by atoms with Crippen LogP contribution < -0.4 is 0 Å². The Morgan fingerprint density at radius 3 is 2.33 bits per heavy atom. The van der Waals surface area contributed by atoms with Crippen LogP contribution in [0.15, 0.2) is 24.3 Å². The lowest BCUT2D eigenvalue weighted by atomic mass is 9.86. The molecule has 0 atom stereocenters. The third kappa shape index (κ3) is 4.11. The van der Waals surface area contributed by atoms with Gasteiger partial charge < -0.3 is 0 Å². The molecule has 1 fully saturated rings. The van der Waals surface area contributed by atoms with E-state index in [2.05, 4.69) is 11.8 Å². The molecule has 0 N–H and O–H groups in total. The zero-order valence-corrected chi connectivity index (χ0v) is 12.6. The number of non-ortho nitro benzene ring substituents is 1. The highest BCUT2D eigenvalue weighted by molar-refractivity contribution is 5.97. The van der Waals surface area contributed by atoms with Crippen molar-refractivity contribution < 1.29 is 9.72 Å². The molecule has 21 heavy (non-hydrogen) atoms. The first-order valence-corrected chi connectivity index (χ1v) is 7.45. The monoisotopic (exact) mass is 290 g/mol. The van der Waals surface area contributed by atoms with Gasteiger partial charge in [0.15, 0.2) is 5.78 Å². The van der Waals surface area contributed by atoms with E-state index in [-0.39, 0.29) is 11.5 Å². The molecule has 0 unspecified atom stereocenters. The summed E-state index contributed by atoms with van der Waals surface area (Å²) in [4.78, 5) is 24.5. The third-order valence-corrected chi connectivity index (χ3v) is 4.40. The maximum Gasteiger partial charge on any atom is 0.269 e. The van der Waals surface area contributed by atoms with E-state index in [0.29, 0.717) is 18.2 Å². The number of hydrogen-bond acceptors (Lipinski definition) is 4. The van der Waals surface area contributed by atoms with E-state index < -0.39 is 4.92 Å². The minimum atomic E-state index is -0.455. The number of carbonyl (C=O) groups excluding carboxylic acids is 1. The van der Waals surface area contributed by atoms with E-state index in [0.717, 1.165) is 18.8 Å². The second kappa shape index (κ2) is 6.80. The largest absolute Gasteiger partial charge is 0.296 e. The molecule has 0 heterocycles. The smallest absolute Gasteiger partial charge is 0.269 e. The summed E-state index contributed by atoms with van der Waals surface area (Å²) in [6.07, 6.45) is 4.73. The van der Waals surface area contributed by atoms with Crippen LogP contribution in [0.3, 0.4) is 0 Å². The first-order valence-electron chi connectivity index (χ1n) is 7.45. The van der Waals surface area contributed by atoms with Crippen molar-refractivity contribution in [3.8, 4) is 0 Å². The number of nitrogens with zero attached hydrogens (tertiary/aromatic N) is 2. The third-order valence-electron chi connectivity index (χ3n) is 4.40. The molecule has 0 aromatic heterocycles. The van der Waals surface area contributed by atoms with E-state index in [1.165, 1.54) is 37.1 Å². The van der Waals surface area contributed by atoms with Gasteiger partial charge in [0.25, 0.3) is 5.69 Å². The highest BCUT2D eigenvalue weighted by Gasteiger charge is 2.23. The van der Waals surface area contributed by atoms with E-state index in [1.54, 1.807) is 0 Å². The molecule has 0 saturated heterocycles. The Bertz CT molecular complexity index is 505. The van der Waals surface area contributed by atoms with Crippen LogP contribution >= 0.6 is 0 Å². The lowest BCUT2D eigenvalue weighted by molar-refractivity contribution is -0.384. The number of carbonyl (C=O) groups is 1. The van der Waals surface area contributed by atoms with Gasteiger partial charge in [-0.3, -0.25) is 19.8 Å². The number of nitro benzene ring substituents is 1. The van der Waals surface area contributed by atoms with E-state index in [1.807, 2.05) is 7.05 Å². The van der Waals surface area contributed by atoms with Gasteiger partial charge in [0.05, 0.1) is 11.5 Å². The molecule has 1 aliphatic carbocycles. The summed E-state index contributed by atoms with van der Waals surface area (Å²) in [7, 11) is 1.99. The van der Waals surface area contributed by atoms with E-state index >= 15 is 0 Å². The number of rotatable bonds is 5. The summed E-state index contributed by atoms with van der Waals surface area (Å²) in [5, 5.41) is 10.6. The molecule has 1 aromatic carbocycles. The minimum absolute atomic E-state index is 0.0150. The van der Waals surface area contributed by atoms with Crippen molar-refractivity contribution in [1.29, 1.82) is 0 Å². The second-order valence-corrected chi connectivity index (χ2v) is 6.06. The molecule has 0 spiro atoms. The molecule has 0 bridgehead atoms. The summed E-state index contributed by atoms with van der Waals surface area (Å²) < 4.78 is 0. The number of likely N-dealkylation sites (N-methyl/N-ethyl adjacent to an activating group) is 1. The van der Waals surface area contributed by atoms with Crippen LogP contribution in [0.4, 0.5) is 5.69 Å². The van der Waals surface area contributed by atoms with Gasteiger partial charge >= 0.3 is 0 Å². The van der Waals surface area contributed by atoms with Gasteiger partial charge in [-0.05, 0) is 50.8 Å². The van der Waals surface area contributed by atoms with Crippen LogP contribution in [0.1, 0.15) is 43.0 Å². The number of Topliss-reactive ketones (excluding diaryl/α,β-unsaturated/α-hetero) is 1. The van der Waals surface area contributed by atoms with Crippen molar-refractivity contribution >= 4 is 11.5 Å². The first kappa shape index (κ1) is 15.6. The molecule has 2 rings (SSSR count). The molecule has 114 valence electrons. The maximum absolute atomic E-state index is 12.2. The Morgan fingerprint density at radius 2 is 1.81 bits per heavy atom. The Labute approximate surface area is 125 Å². The van der Waals surface area contributed by atoms with Crippen molar-refractivity contribution in [1.82, 2.24) is 4.90 Å². The first-order chi connectivity index (χ1) is 9.97. The fourth-order valence-corrected chi connectivity index (χ4v) is 2.90. The number of hydrogen-bond donors (Lipinski definition) is 0. The van der Waals surface area contributed by atoms with Crippen LogP contribution in [-0.2, 0) is 0 Å². The number of benzene rings is 1. The van der Waals surface area contributed by atoms with Crippen LogP contribution in [0, 0.1) is 16.0 Å². The molecule has 1 aromatic rings. The summed E-state index contributed by atoms with van der Waals surface area (Å²) in [6, 6.07) is 6.32. The van der Waals surface area contributed by atoms with Crippen LogP contribution in [-0.4, -0.2) is 35.2 Å². The van der Waals surface area contributed by atoms with Gasteiger partial charge in [-0.1, -0.05) is 6.92 Å². The second-order valence-electron chi connectivity index (χ2n) is 6.06. The molecule has 5 nitrogen and oxygen atoms in total. The Hall–Kier alpha value is -1.75. The zero-order valence-electron chi connectivity index (χ0n) is 12.6. The zero-order chi connectivity index (χ0) is 15.4. The highest BCUT2D eigenvalue weighted by atomic mass is 16.6. The van der Waals surface area contributed by atoms with Crippen molar-refractivity contribution in [2.75, 3.05) is 13.6 Å². The summed E-state index contributed by atoms with van der Waals surface area (Å²) in [5.74, 6) is 0.811. The molecular weight excluding hydrogens is 268 g/mol. The van der Waals surface area contributed by atoms with Crippen molar-refractivity contribution in [3.63, 3.8) is 0 Å². The summed E-state index contributed by atoms with van der Waals surface area (Å²) >= 11 is 0. The quantitative estimate of drug-likeness (QED) is 0.474. The molecule has 0 aliphatic heterocycles. The Kier molecular flexibility index (Phi) is 5.07. The number of nitro groups is 1. The van der Waals surface area contributed by atoms with Gasteiger partial charge in [0, 0.05) is 23.7 Å². The predicted molar refractivity (Wildman–Crippen MR) is 81.5 cm³/mol. The molecular formula is C16H22N2O3. The average Bonchev–Trinajstić information content (AvgIpc) is 2.47. The Morgan fingerprint density at radius 1 is 1.24 bits per heavy atom. The van der Waals surface area contributed by atoms with Gasteiger partial charge in [0.2, 0.25) is 0 Å². The Balaban J connectivity index is 1.92. The van der Waals surface area contributed by atoms with Gasteiger partial charge in [-0.25, -0.2) is 0 Å². The molecule has 1 saturated carbocycles. The van der Waals surface area contributed by atoms with Crippen LogP contribution in [0.25, 0.3) is 0 Å². The fourth-order valence-electron chi connectivity index (χ4n) is 2.90. The normalized spacial score (nSPS) is 22.2. The van der Waals surface area contributed by atoms with Gasteiger partial charge in [-0.15, -0.1) is 0 Å². The number of ketones is 1. The SMILES string of the molecule is CC1CCC(N(C)CC(=O)c2ccc([N+](=O)[O-])cc2)CC1. The summed E-state index contributed by atoms with van der Waals surface area (Å²) in [6.45, 7) is 2.65. The van der Waals surface area contributed by atoms with Crippen molar-refractivity contribution in [2.45, 2.75) is 38.6 Å². The van der Waals surface area contributed by atoms with Crippen LogP contribution in [0.2, 0.25) is 0 Å². The topological polar surface area (TPSA) is 63.5 Å². The molecule has 1 aliphatic rings. The molecule has 5 heteroatoms. The lowest BCUT2D eigenvalue weighted by Gasteiger charge is -2.33. The van der Waals surface area contributed by atoms with Crippen molar-refractivity contribution in [3.05, 3.63) is 39.9 Å². The standard InChI is InChI=1S/C16H22N2O3/c1-12-3-7-14(8-4-12)17(2)11-16(19)13-5-9-15(10-6-13)18(20)21/h5-6,9-10,12,14H,3-4,7-8,11H2,1-2H3. The van der Waals surface area contributed by atoms with Gasteiger partial charge in [0.1, 0.15) is 0 Å². The van der Waals surface area contributed by atoms with Crippen molar-refractivity contribution in [2.24, 2.45) is 5.92 Å². The molecule has 0 amide bonds. The minimum Gasteiger partial charge on any atom is -0.296 e. The maximum atomic E-state index is 12.2. The lowest BCUT2D eigenvalue weighted by Crippen LogP contribution is -2.38. The van der Waals surface area contributed by atoms with E-state index in [4.69, 9.17) is 0 Å². The fraction of sp³-hybridized carbons (Fsp3) is 0.562. The average molecular weight is 290 g/mol. The van der Waals surface area contributed by atoms with E-state index in [9.17, 15) is 14.9 Å².